The Hall–Kier alpha value is -0.520. The molecule has 0 radical (unpaired) electrons. The molecule has 2 heteroatoms. The molecule has 13 heavy (non-hydrogen) atoms. The van der Waals surface area contributed by atoms with E-state index in [4.69, 9.17) is 6.42 Å². The first-order valence-electron chi connectivity index (χ1n) is 5.09. The van der Waals surface area contributed by atoms with Gasteiger partial charge in [-0.3, -0.25) is 4.90 Å². The first-order chi connectivity index (χ1) is 6.24. The number of aliphatic hydroxyl groups excluding tert-OH is 1. The van der Waals surface area contributed by atoms with Gasteiger partial charge in [-0.15, -0.1) is 6.42 Å². The summed E-state index contributed by atoms with van der Waals surface area (Å²) in [5.41, 5.74) is 0. The van der Waals surface area contributed by atoms with Crippen LogP contribution in [0.3, 0.4) is 0 Å². The number of piperidine rings is 1. The topological polar surface area (TPSA) is 23.5 Å². The zero-order chi connectivity index (χ0) is 9.68. The van der Waals surface area contributed by atoms with Gasteiger partial charge in [0.2, 0.25) is 0 Å². The molecule has 0 spiro atoms. The van der Waals surface area contributed by atoms with Crippen LogP contribution >= 0.6 is 0 Å². The van der Waals surface area contributed by atoms with Crippen molar-refractivity contribution >= 4 is 0 Å². The fourth-order valence-corrected chi connectivity index (χ4v) is 2.05. The lowest BCUT2D eigenvalue weighted by Crippen LogP contribution is -2.41. The first-order valence-corrected chi connectivity index (χ1v) is 5.09. The molecule has 0 saturated carbocycles. The number of likely N-dealkylation sites (tertiary alicyclic amines) is 1. The van der Waals surface area contributed by atoms with Crippen molar-refractivity contribution in [3.63, 3.8) is 0 Å². The first kappa shape index (κ1) is 10.6. The van der Waals surface area contributed by atoms with Gasteiger partial charge >= 0.3 is 0 Å². The number of hydrogen-bond acceptors (Lipinski definition) is 2. The van der Waals surface area contributed by atoms with Gasteiger partial charge in [0.15, 0.2) is 0 Å². The molecule has 0 aliphatic carbocycles. The number of rotatable bonds is 3. The number of hydrogen-bond donors (Lipinski definition) is 1. The molecular weight excluding hydrogens is 162 g/mol. The molecule has 0 amide bonds. The molecule has 0 bridgehead atoms. The monoisotopic (exact) mass is 181 g/mol. The van der Waals surface area contributed by atoms with Crippen LogP contribution in [0.4, 0.5) is 0 Å². The van der Waals surface area contributed by atoms with Gasteiger partial charge in [-0.1, -0.05) is 12.3 Å². The molecule has 2 unspecified atom stereocenters. The maximum absolute atomic E-state index is 9.31. The Bertz CT molecular complexity index is 183. The standard InChI is InChI=1S/C11H19NO/c1-3-7-12-8-5-4-6-11(12)9-10(2)13/h1,10-11,13H,4-9H2,2H3. The van der Waals surface area contributed by atoms with Gasteiger partial charge in [-0.2, -0.15) is 0 Å². The molecule has 1 aliphatic rings. The van der Waals surface area contributed by atoms with Gasteiger partial charge in [0.25, 0.3) is 0 Å². The summed E-state index contributed by atoms with van der Waals surface area (Å²) in [7, 11) is 0. The summed E-state index contributed by atoms with van der Waals surface area (Å²) >= 11 is 0. The van der Waals surface area contributed by atoms with Crippen LogP contribution in [0.1, 0.15) is 32.6 Å². The Balaban J connectivity index is 2.42. The van der Waals surface area contributed by atoms with Crippen LogP contribution in [-0.2, 0) is 0 Å². The highest BCUT2D eigenvalue weighted by Crippen LogP contribution is 2.20. The fourth-order valence-electron chi connectivity index (χ4n) is 2.05. The summed E-state index contributed by atoms with van der Waals surface area (Å²) in [6.07, 6.45) is 9.67. The molecule has 1 fully saturated rings. The van der Waals surface area contributed by atoms with Crippen LogP contribution in [0.25, 0.3) is 0 Å². The van der Waals surface area contributed by atoms with Crippen LogP contribution in [0, 0.1) is 12.3 Å². The Morgan fingerprint density at radius 1 is 1.62 bits per heavy atom. The smallest absolute Gasteiger partial charge is 0.0601 e. The zero-order valence-electron chi connectivity index (χ0n) is 8.37. The van der Waals surface area contributed by atoms with E-state index in [0.717, 1.165) is 19.5 Å². The number of aliphatic hydroxyl groups is 1. The Morgan fingerprint density at radius 2 is 2.38 bits per heavy atom. The van der Waals surface area contributed by atoms with E-state index in [0.29, 0.717) is 6.04 Å². The second-order valence-electron chi connectivity index (χ2n) is 3.91. The predicted molar refractivity (Wildman–Crippen MR) is 54.3 cm³/mol. The molecule has 2 atom stereocenters. The largest absolute Gasteiger partial charge is 0.393 e. The van der Waals surface area contributed by atoms with Crippen molar-refractivity contribution < 1.29 is 5.11 Å². The number of terminal acetylenes is 1. The van der Waals surface area contributed by atoms with Crippen LogP contribution in [0.15, 0.2) is 0 Å². The van der Waals surface area contributed by atoms with Gasteiger partial charge < -0.3 is 5.11 Å². The molecule has 1 rings (SSSR count). The van der Waals surface area contributed by atoms with E-state index in [2.05, 4.69) is 10.8 Å². The average molecular weight is 181 g/mol. The molecule has 1 heterocycles. The lowest BCUT2D eigenvalue weighted by atomic mass is 9.97. The van der Waals surface area contributed by atoms with Crippen LogP contribution in [-0.4, -0.2) is 35.2 Å². The second kappa shape index (κ2) is 5.26. The third-order valence-corrected chi connectivity index (χ3v) is 2.66. The summed E-state index contributed by atoms with van der Waals surface area (Å²) in [5.74, 6) is 2.68. The van der Waals surface area contributed by atoms with E-state index in [9.17, 15) is 5.11 Å². The van der Waals surface area contributed by atoms with Gasteiger partial charge in [0.05, 0.1) is 12.6 Å². The summed E-state index contributed by atoms with van der Waals surface area (Å²) in [6, 6.07) is 0.504. The highest BCUT2D eigenvalue weighted by molar-refractivity contribution is 4.92. The normalized spacial score (nSPS) is 26.7. The molecule has 1 N–H and O–H groups in total. The minimum absolute atomic E-state index is 0.205. The van der Waals surface area contributed by atoms with Gasteiger partial charge in [-0.05, 0) is 32.7 Å². The van der Waals surface area contributed by atoms with Crippen LogP contribution in [0.2, 0.25) is 0 Å². The SMILES string of the molecule is C#CCN1CCCCC1CC(C)O. The van der Waals surface area contributed by atoms with E-state index in [-0.39, 0.29) is 6.10 Å². The van der Waals surface area contributed by atoms with E-state index < -0.39 is 0 Å². The minimum atomic E-state index is -0.205. The summed E-state index contributed by atoms with van der Waals surface area (Å²) in [5, 5.41) is 9.31. The molecule has 0 aromatic carbocycles. The third kappa shape index (κ3) is 3.38. The Labute approximate surface area is 80.9 Å². The molecular formula is C11H19NO. The molecule has 2 nitrogen and oxygen atoms in total. The molecule has 1 saturated heterocycles. The van der Waals surface area contributed by atoms with Crippen molar-refractivity contribution in [2.24, 2.45) is 0 Å². The number of nitrogens with zero attached hydrogens (tertiary/aromatic N) is 1. The van der Waals surface area contributed by atoms with E-state index in [1.165, 1.54) is 19.3 Å². The summed E-state index contributed by atoms with van der Waals surface area (Å²) < 4.78 is 0. The van der Waals surface area contributed by atoms with E-state index in [1.807, 2.05) is 6.92 Å². The van der Waals surface area contributed by atoms with Crippen molar-refractivity contribution in [3.8, 4) is 12.3 Å². The molecule has 1 aliphatic heterocycles. The second-order valence-corrected chi connectivity index (χ2v) is 3.91. The van der Waals surface area contributed by atoms with Crippen LogP contribution in [0.5, 0.6) is 0 Å². The molecule has 74 valence electrons. The van der Waals surface area contributed by atoms with E-state index >= 15 is 0 Å². The van der Waals surface area contributed by atoms with Crippen molar-refractivity contribution in [2.45, 2.75) is 44.8 Å². The van der Waals surface area contributed by atoms with Gasteiger partial charge in [0, 0.05) is 6.04 Å². The molecule has 0 aromatic heterocycles. The lowest BCUT2D eigenvalue weighted by molar-refractivity contribution is 0.0965. The average Bonchev–Trinajstić information content (AvgIpc) is 2.08. The van der Waals surface area contributed by atoms with Crippen molar-refractivity contribution in [1.29, 1.82) is 0 Å². The van der Waals surface area contributed by atoms with Crippen LogP contribution < -0.4 is 0 Å². The van der Waals surface area contributed by atoms with Crippen molar-refractivity contribution in [2.75, 3.05) is 13.1 Å². The van der Waals surface area contributed by atoms with E-state index in [1.54, 1.807) is 0 Å². The Morgan fingerprint density at radius 3 is 3.00 bits per heavy atom. The minimum Gasteiger partial charge on any atom is -0.393 e. The van der Waals surface area contributed by atoms with Gasteiger partial charge in [-0.25, -0.2) is 0 Å². The van der Waals surface area contributed by atoms with Gasteiger partial charge in [0.1, 0.15) is 0 Å². The summed E-state index contributed by atoms with van der Waals surface area (Å²) in [4.78, 5) is 2.32. The van der Waals surface area contributed by atoms with Crippen molar-refractivity contribution in [3.05, 3.63) is 0 Å². The summed E-state index contributed by atoms with van der Waals surface area (Å²) in [6.45, 7) is 3.68. The van der Waals surface area contributed by atoms with Crippen molar-refractivity contribution in [1.82, 2.24) is 4.90 Å². The third-order valence-electron chi connectivity index (χ3n) is 2.66. The Kier molecular flexibility index (Phi) is 4.27. The fraction of sp³-hybridized carbons (Fsp3) is 0.818. The highest BCUT2D eigenvalue weighted by Gasteiger charge is 2.22. The maximum atomic E-state index is 9.31. The maximum Gasteiger partial charge on any atom is 0.0601 e. The highest BCUT2D eigenvalue weighted by atomic mass is 16.3. The predicted octanol–water partition coefficient (Wildman–Crippen LogP) is 1.25. The lowest BCUT2D eigenvalue weighted by Gasteiger charge is -2.35. The zero-order valence-corrected chi connectivity index (χ0v) is 8.37. The quantitative estimate of drug-likeness (QED) is 0.662. The molecule has 0 aromatic rings.